The van der Waals surface area contributed by atoms with Crippen LogP contribution in [-0.4, -0.2) is 18.1 Å². The zero-order valence-electron chi connectivity index (χ0n) is 11.9. The summed E-state index contributed by atoms with van der Waals surface area (Å²) in [5.41, 5.74) is 1.36. The van der Waals surface area contributed by atoms with Gasteiger partial charge in [0.15, 0.2) is 0 Å². The number of rotatable bonds is 6. The SMILES string of the molecule is CCCCC[C@H]1[C@H](Cl)CCO[C@@H]1Cc1ccccc1. The van der Waals surface area contributed by atoms with Crippen molar-refractivity contribution in [3.8, 4) is 0 Å². The van der Waals surface area contributed by atoms with Crippen molar-refractivity contribution >= 4 is 11.6 Å². The van der Waals surface area contributed by atoms with Crippen LogP contribution in [0.4, 0.5) is 0 Å². The van der Waals surface area contributed by atoms with Crippen molar-refractivity contribution in [3.05, 3.63) is 35.9 Å². The Morgan fingerprint density at radius 1 is 1.21 bits per heavy atom. The highest BCUT2D eigenvalue weighted by Crippen LogP contribution is 2.32. The van der Waals surface area contributed by atoms with Crippen molar-refractivity contribution in [1.29, 1.82) is 0 Å². The first-order valence-corrected chi connectivity index (χ1v) is 8.04. The lowest BCUT2D eigenvalue weighted by molar-refractivity contribution is -0.0263. The van der Waals surface area contributed by atoms with Crippen molar-refractivity contribution in [2.45, 2.75) is 56.9 Å². The van der Waals surface area contributed by atoms with Crippen LogP contribution in [0.5, 0.6) is 0 Å². The molecular weight excluding hydrogens is 256 g/mol. The molecule has 1 saturated heterocycles. The molecule has 2 rings (SSSR count). The summed E-state index contributed by atoms with van der Waals surface area (Å²) in [5.74, 6) is 0.516. The smallest absolute Gasteiger partial charge is 0.0657 e. The van der Waals surface area contributed by atoms with Gasteiger partial charge in [0.2, 0.25) is 0 Å². The van der Waals surface area contributed by atoms with Gasteiger partial charge in [-0.2, -0.15) is 0 Å². The predicted molar refractivity (Wildman–Crippen MR) is 81.8 cm³/mol. The number of halogens is 1. The molecule has 1 aromatic carbocycles. The molecule has 1 heterocycles. The minimum Gasteiger partial charge on any atom is -0.377 e. The second kappa shape index (κ2) is 7.91. The number of hydrogen-bond donors (Lipinski definition) is 0. The summed E-state index contributed by atoms with van der Waals surface area (Å²) >= 11 is 6.54. The second-order valence-electron chi connectivity index (χ2n) is 5.56. The van der Waals surface area contributed by atoms with Gasteiger partial charge in [0.25, 0.3) is 0 Å². The highest BCUT2D eigenvalue weighted by Gasteiger charge is 2.32. The zero-order chi connectivity index (χ0) is 13.5. The monoisotopic (exact) mass is 280 g/mol. The Bertz CT molecular complexity index is 352. The fraction of sp³-hybridized carbons (Fsp3) is 0.647. The molecule has 1 aliphatic heterocycles. The van der Waals surface area contributed by atoms with Gasteiger partial charge >= 0.3 is 0 Å². The standard InChI is InChI=1S/C17H25ClO/c1-2-3-5-10-15-16(18)11-12-19-17(15)13-14-8-6-4-7-9-14/h4,6-9,15-17H,2-3,5,10-13H2,1H3/t15-,16+,17+/m0/s1. The quantitative estimate of drug-likeness (QED) is 0.536. The van der Waals surface area contributed by atoms with Crippen molar-refractivity contribution in [1.82, 2.24) is 0 Å². The van der Waals surface area contributed by atoms with Crippen molar-refractivity contribution < 1.29 is 4.74 Å². The van der Waals surface area contributed by atoms with Gasteiger partial charge in [0.1, 0.15) is 0 Å². The topological polar surface area (TPSA) is 9.23 Å². The van der Waals surface area contributed by atoms with E-state index in [4.69, 9.17) is 16.3 Å². The van der Waals surface area contributed by atoms with Crippen LogP contribution < -0.4 is 0 Å². The minimum atomic E-state index is 0.291. The van der Waals surface area contributed by atoms with Crippen LogP contribution >= 0.6 is 11.6 Å². The molecule has 0 aliphatic carbocycles. The highest BCUT2D eigenvalue weighted by atomic mass is 35.5. The fourth-order valence-corrected chi connectivity index (χ4v) is 3.33. The summed E-state index contributed by atoms with van der Waals surface area (Å²) < 4.78 is 6.01. The summed E-state index contributed by atoms with van der Waals surface area (Å²) in [4.78, 5) is 0. The summed E-state index contributed by atoms with van der Waals surface area (Å²) in [6.07, 6.45) is 7.36. The van der Waals surface area contributed by atoms with E-state index in [0.717, 1.165) is 19.4 Å². The zero-order valence-corrected chi connectivity index (χ0v) is 12.6. The van der Waals surface area contributed by atoms with Gasteiger partial charge in [-0.25, -0.2) is 0 Å². The van der Waals surface area contributed by atoms with Crippen LogP contribution in [0.3, 0.4) is 0 Å². The molecule has 106 valence electrons. The molecule has 0 aromatic heterocycles. The first-order chi connectivity index (χ1) is 9.31. The predicted octanol–water partition coefficient (Wildman–Crippen LogP) is 4.82. The van der Waals surface area contributed by atoms with Gasteiger partial charge in [0, 0.05) is 17.9 Å². The third kappa shape index (κ3) is 4.50. The first kappa shape index (κ1) is 14.9. The summed E-state index contributed by atoms with van der Waals surface area (Å²) in [7, 11) is 0. The summed E-state index contributed by atoms with van der Waals surface area (Å²) in [5, 5.41) is 0.291. The minimum absolute atomic E-state index is 0.291. The van der Waals surface area contributed by atoms with Gasteiger partial charge in [-0.1, -0.05) is 56.5 Å². The number of hydrogen-bond acceptors (Lipinski definition) is 1. The first-order valence-electron chi connectivity index (χ1n) is 7.61. The largest absolute Gasteiger partial charge is 0.377 e. The van der Waals surface area contributed by atoms with E-state index in [1.807, 2.05) is 0 Å². The van der Waals surface area contributed by atoms with E-state index in [-0.39, 0.29) is 0 Å². The lowest BCUT2D eigenvalue weighted by Crippen LogP contribution is -2.38. The van der Waals surface area contributed by atoms with E-state index in [1.165, 1.54) is 31.2 Å². The van der Waals surface area contributed by atoms with E-state index >= 15 is 0 Å². The molecule has 0 amide bonds. The van der Waals surface area contributed by atoms with Crippen LogP contribution in [0.2, 0.25) is 0 Å². The molecule has 1 aromatic rings. The molecule has 3 atom stereocenters. The van der Waals surface area contributed by atoms with Gasteiger partial charge in [-0.05, 0) is 24.8 Å². The maximum Gasteiger partial charge on any atom is 0.0657 e. The molecule has 0 N–H and O–H groups in total. The Kier molecular flexibility index (Phi) is 6.19. The number of ether oxygens (including phenoxy) is 1. The average molecular weight is 281 g/mol. The molecule has 1 aliphatic rings. The lowest BCUT2D eigenvalue weighted by atomic mass is 9.85. The molecule has 1 nitrogen and oxygen atoms in total. The van der Waals surface area contributed by atoms with Crippen molar-refractivity contribution in [2.75, 3.05) is 6.61 Å². The molecular formula is C17H25ClO. The molecule has 0 saturated carbocycles. The Morgan fingerprint density at radius 3 is 2.74 bits per heavy atom. The molecule has 0 bridgehead atoms. The third-order valence-corrected chi connectivity index (χ3v) is 4.63. The van der Waals surface area contributed by atoms with E-state index in [9.17, 15) is 0 Å². The second-order valence-corrected chi connectivity index (χ2v) is 6.12. The Labute approximate surface area is 122 Å². The van der Waals surface area contributed by atoms with Crippen LogP contribution in [-0.2, 0) is 11.2 Å². The fourth-order valence-electron chi connectivity index (χ4n) is 2.96. The normalized spacial score (nSPS) is 27.4. The van der Waals surface area contributed by atoms with Gasteiger partial charge < -0.3 is 4.74 Å². The Hall–Kier alpha value is -0.530. The highest BCUT2D eigenvalue weighted by molar-refractivity contribution is 6.20. The molecule has 0 unspecified atom stereocenters. The van der Waals surface area contributed by atoms with Crippen LogP contribution in [0.15, 0.2) is 30.3 Å². The van der Waals surface area contributed by atoms with E-state index < -0.39 is 0 Å². The van der Waals surface area contributed by atoms with Crippen molar-refractivity contribution in [2.24, 2.45) is 5.92 Å². The molecule has 0 radical (unpaired) electrons. The van der Waals surface area contributed by atoms with E-state index in [2.05, 4.69) is 37.3 Å². The molecule has 2 heteroatoms. The summed E-state index contributed by atoms with van der Waals surface area (Å²) in [6, 6.07) is 10.6. The summed E-state index contributed by atoms with van der Waals surface area (Å²) in [6.45, 7) is 3.06. The van der Waals surface area contributed by atoms with E-state index in [1.54, 1.807) is 0 Å². The van der Waals surface area contributed by atoms with Crippen molar-refractivity contribution in [3.63, 3.8) is 0 Å². The number of alkyl halides is 1. The molecule has 1 fully saturated rings. The van der Waals surface area contributed by atoms with E-state index in [0.29, 0.717) is 17.4 Å². The Morgan fingerprint density at radius 2 is 2.00 bits per heavy atom. The van der Waals surface area contributed by atoms with Gasteiger partial charge in [-0.15, -0.1) is 11.6 Å². The van der Waals surface area contributed by atoms with Gasteiger partial charge in [-0.3, -0.25) is 0 Å². The molecule has 0 spiro atoms. The van der Waals surface area contributed by atoms with Crippen LogP contribution in [0.1, 0.15) is 44.6 Å². The number of unbranched alkanes of at least 4 members (excludes halogenated alkanes) is 2. The van der Waals surface area contributed by atoms with Crippen LogP contribution in [0, 0.1) is 5.92 Å². The number of benzene rings is 1. The lowest BCUT2D eigenvalue weighted by Gasteiger charge is -2.35. The Balaban J connectivity index is 1.94. The van der Waals surface area contributed by atoms with Crippen LogP contribution in [0.25, 0.3) is 0 Å². The average Bonchev–Trinajstić information content (AvgIpc) is 2.43. The molecule has 19 heavy (non-hydrogen) atoms. The maximum absolute atomic E-state index is 6.54. The third-order valence-electron chi connectivity index (χ3n) is 4.09. The van der Waals surface area contributed by atoms with Gasteiger partial charge in [0.05, 0.1) is 6.10 Å². The maximum atomic E-state index is 6.54.